The van der Waals surface area contributed by atoms with Gasteiger partial charge in [0, 0.05) is 25.9 Å². The minimum Gasteiger partial charge on any atom is -0.490 e. The van der Waals surface area contributed by atoms with Crippen molar-refractivity contribution in [2.24, 2.45) is 0 Å². The van der Waals surface area contributed by atoms with E-state index in [2.05, 4.69) is 29.4 Å². The zero-order valence-electron chi connectivity index (χ0n) is 13.3. The van der Waals surface area contributed by atoms with E-state index in [9.17, 15) is 4.79 Å². The first-order valence-electron chi connectivity index (χ1n) is 7.71. The summed E-state index contributed by atoms with van der Waals surface area (Å²) in [6.45, 7) is 5.39. The molecule has 0 fully saturated rings. The molecule has 1 unspecified atom stereocenters. The van der Waals surface area contributed by atoms with Crippen LogP contribution in [0, 0.1) is 6.92 Å². The fourth-order valence-corrected chi connectivity index (χ4v) is 3.67. The summed E-state index contributed by atoms with van der Waals surface area (Å²) >= 11 is 1.26. The quantitative estimate of drug-likeness (QED) is 0.796. The summed E-state index contributed by atoms with van der Waals surface area (Å²) in [5.74, 6) is 0.106. The van der Waals surface area contributed by atoms with E-state index in [0.29, 0.717) is 10.6 Å². The topological polar surface area (TPSA) is 71.5 Å². The first-order valence-corrected chi connectivity index (χ1v) is 8.53. The molecule has 2 N–H and O–H groups in total. The van der Waals surface area contributed by atoms with Crippen LogP contribution < -0.4 is 10.1 Å². The molecular weight excluding hydrogens is 312 g/mol. The normalized spacial score (nSPS) is 16.2. The molecule has 2 heterocycles. The molecule has 0 aliphatic carbocycles. The van der Waals surface area contributed by atoms with Gasteiger partial charge in [0.1, 0.15) is 16.7 Å². The van der Waals surface area contributed by atoms with Gasteiger partial charge in [-0.2, -0.15) is 0 Å². The highest BCUT2D eigenvalue weighted by Crippen LogP contribution is 2.29. The van der Waals surface area contributed by atoms with Gasteiger partial charge in [-0.05, 0) is 31.0 Å². The molecule has 1 aromatic carbocycles. The number of carbonyl (C=O) groups is 1. The third-order valence-corrected chi connectivity index (χ3v) is 5.05. The third-order valence-electron chi connectivity index (χ3n) is 3.84. The Morgan fingerprint density at radius 2 is 2.35 bits per heavy atom. The smallest absolute Gasteiger partial charge is 0.347 e. The van der Waals surface area contributed by atoms with Crippen LogP contribution in [0.25, 0.3) is 0 Å². The Morgan fingerprint density at radius 3 is 3.09 bits per heavy atom. The molecular formula is C17H20N2O3S. The summed E-state index contributed by atoms with van der Waals surface area (Å²) in [7, 11) is 0. The van der Waals surface area contributed by atoms with Crippen LogP contribution in [0.5, 0.6) is 5.75 Å². The SMILES string of the molecule is Cc1nc(CCNCc2ccc3c(c2)CC(C)O3)sc1C(=O)O. The second-order valence-electron chi connectivity index (χ2n) is 5.83. The van der Waals surface area contributed by atoms with Crippen LogP contribution in [0.4, 0.5) is 0 Å². The van der Waals surface area contributed by atoms with Crippen molar-refractivity contribution in [3.8, 4) is 5.75 Å². The summed E-state index contributed by atoms with van der Waals surface area (Å²) in [4.78, 5) is 15.7. The summed E-state index contributed by atoms with van der Waals surface area (Å²) in [5, 5.41) is 13.3. The monoisotopic (exact) mass is 332 g/mol. The molecule has 1 atom stereocenters. The number of aryl methyl sites for hydroxylation is 1. The van der Waals surface area contributed by atoms with Gasteiger partial charge in [0.2, 0.25) is 0 Å². The molecule has 0 radical (unpaired) electrons. The molecule has 0 saturated heterocycles. The number of aromatic carboxylic acids is 1. The minimum atomic E-state index is -0.895. The second kappa shape index (κ2) is 6.68. The van der Waals surface area contributed by atoms with Crippen molar-refractivity contribution in [3.05, 3.63) is 44.9 Å². The fourth-order valence-electron chi connectivity index (χ4n) is 2.77. The number of hydrogen-bond acceptors (Lipinski definition) is 5. The first kappa shape index (κ1) is 16.0. The number of thiazole rings is 1. The molecule has 1 aromatic heterocycles. The lowest BCUT2D eigenvalue weighted by molar-refractivity contribution is 0.0701. The molecule has 0 bridgehead atoms. The van der Waals surface area contributed by atoms with Gasteiger partial charge in [-0.3, -0.25) is 0 Å². The standard InChI is InChI=1S/C17H20N2O3S/c1-10-7-13-8-12(3-4-14(13)22-10)9-18-6-5-15-19-11(2)16(23-15)17(20)21/h3-4,8,10,18H,5-7,9H2,1-2H3,(H,20,21). The average Bonchev–Trinajstić information content (AvgIpc) is 3.04. The number of rotatable bonds is 6. The molecule has 1 aliphatic heterocycles. The molecule has 1 aliphatic rings. The first-order chi connectivity index (χ1) is 11.0. The van der Waals surface area contributed by atoms with Gasteiger partial charge < -0.3 is 15.2 Å². The van der Waals surface area contributed by atoms with E-state index in [1.807, 2.05) is 6.07 Å². The summed E-state index contributed by atoms with van der Waals surface area (Å²) in [6, 6.07) is 6.32. The van der Waals surface area contributed by atoms with Crippen molar-refractivity contribution in [3.63, 3.8) is 0 Å². The van der Waals surface area contributed by atoms with Crippen molar-refractivity contribution in [1.29, 1.82) is 0 Å². The molecule has 0 saturated carbocycles. The van der Waals surface area contributed by atoms with Gasteiger partial charge >= 0.3 is 5.97 Å². The Balaban J connectivity index is 1.50. The van der Waals surface area contributed by atoms with Gasteiger partial charge in [-0.25, -0.2) is 9.78 Å². The highest BCUT2D eigenvalue weighted by molar-refractivity contribution is 7.13. The number of aromatic nitrogens is 1. The van der Waals surface area contributed by atoms with Crippen molar-refractivity contribution in [1.82, 2.24) is 10.3 Å². The zero-order valence-corrected chi connectivity index (χ0v) is 14.1. The van der Waals surface area contributed by atoms with Gasteiger partial charge in [0.25, 0.3) is 0 Å². The maximum absolute atomic E-state index is 11.0. The van der Waals surface area contributed by atoms with E-state index in [0.717, 1.165) is 36.7 Å². The van der Waals surface area contributed by atoms with Crippen LogP contribution in [0.15, 0.2) is 18.2 Å². The molecule has 122 valence electrons. The van der Waals surface area contributed by atoms with Crippen molar-refractivity contribution in [2.75, 3.05) is 6.54 Å². The van der Waals surface area contributed by atoms with E-state index in [4.69, 9.17) is 9.84 Å². The lowest BCUT2D eigenvalue weighted by Gasteiger charge is -2.06. The van der Waals surface area contributed by atoms with Crippen LogP contribution in [0.3, 0.4) is 0 Å². The number of fused-ring (bicyclic) bond motifs is 1. The average molecular weight is 332 g/mol. The third kappa shape index (κ3) is 3.71. The fraction of sp³-hybridized carbons (Fsp3) is 0.412. The summed E-state index contributed by atoms with van der Waals surface area (Å²) in [6.07, 6.45) is 1.98. The predicted molar refractivity (Wildman–Crippen MR) is 89.5 cm³/mol. The molecule has 0 amide bonds. The molecule has 0 spiro atoms. The van der Waals surface area contributed by atoms with Gasteiger partial charge in [-0.1, -0.05) is 12.1 Å². The van der Waals surface area contributed by atoms with Crippen LogP contribution >= 0.6 is 11.3 Å². The van der Waals surface area contributed by atoms with Crippen molar-refractivity contribution >= 4 is 17.3 Å². The Labute approximate surface area is 139 Å². The van der Waals surface area contributed by atoms with Gasteiger partial charge in [0.05, 0.1) is 10.7 Å². The van der Waals surface area contributed by atoms with E-state index in [-0.39, 0.29) is 6.10 Å². The summed E-state index contributed by atoms with van der Waals surface area (Å²) in [5.41, 5.74) is 3.12. The Kier molecular flexibility index (Phi) is 4.63. The lowest BCUT2D eigenvalue weighted by Crippen LogP contribution is -2.16. The molecule has 3 rings (SSSR count). The molecule has 6 heteroatoms. The van der Waals surface area contributed by atoms with E-state index >= 15 is 0 Å². The number of hydrogen-bond donors (Lipinski definition) is 2. The Bertz CT molecular complexity index is 727. The minimum absolute atomic E-state index is 0.268. The maximum atomic E-state index is 11.0. The van der Waals surface area contributed by atoms with E-state index in [1.54, 1.807) is 6.92 Å². The highest BCUT2D eigenvalue weighted by atomic mass is 32.1. The van der Waals surface area contributed by atoms with E-state index < -0.39 is 5.97 Å². The van der Waals surface area contributed by atoms with Crippen LogP contribution in [-0.4, -0.2) is 28.7 Å². The van der Waals surface area contributed by atoms with Gasteiger partial charge in [-0.15, -0.1) is 11.3 Å². The molecule has 5 nitrogen and oxygen atoms in total. The van der Waals surface area contributed by atoms with Gasteiger partial charge in [0.15, 0.2) is 0 Å². The van der Waals surface area contributed by atoms with Crippen LogP contribution in [-0.2, 0) is 19.4 Å². The lowest BCUT2D eigenvalue weighted by atomic mass is 10.1. The number of nitrogens with one attached hydrogen (secondary N) is 1. The predicted octanol–water partition coefficient (Wildman–Crippen LogP) is 2.81. The number of carboxylic acid groups (broad SMARTS) is 1. The highest BCUT2D eigenvalue weighted by Gasteiger charge is 2.18. The summed E-state index contributed by atoms with van der Waals surface area (Å²) < 4.78 is 5.70. The second-order valence-corrected chi connectivity index (χ2v) is 6.91. The van der Waals surface area contributed by atoms with Crippen molar-refractivity contribution < 1.29 is 14.6 Å². The Hall–Kier alpha value is -1.92. The zero-order chi connectivity index (χ0) is 16.4. The number of benzene rings is 1. The van der Waals surface area contributed by atoms with Crippen molar-refractivity contribution in [2.45, 2.75) is 39.3 Å². The van der Waals surface area contributed by atoms with Crippen LogP contribution in [0.1, 0.15) is 38.4 Å². The Morgan fingerprint density at radius 1 is 1.52 bits per heavy atom. The maximum Gasteiger partial charge on any atom is 0.347 e. The van der Waals surface area contributed by atoms with E-state index in [1.165, 1.54) is 22.5 Å². The largest absolute Gasteiger partial charge is 0.490 e. The number of nitrogens with zero attached hydrogens (tertiary/aromatic N) is 1. The number of carboxylic acids is 1. The molecule has 23 heavy (non-hydrogen) atoms. The number of ether oxygens (including phenoxy) is 1. The van der Waals surface area contributed by atoms with Crippen LogP contribution in [0.2, 0.25) is 0 Å². The molecule has 2 aromatic rings.